The predicted octanol–water partition coefficient (Wildman–Crippen LogP) is 0.348. The average molecular weight is 155 g/mol. The van der Waals surface area contributed by atoms with Crippen molar-refractivity contribution in [3.63, 3.8) is 0 Å². The van der Waals surface area contributed by atoms with Crippen LogP contribution >= 0.6 is 0 Å². The molecule has 0 aromatic carbocycles. The van der Waals surface area contributed by atoms with E-state index in [1.807, 2.05) is 13.8 Å². The zero-order valence-corrected chi connectivity index (χ0v) is 6.89. The first kappa shape index (κ1) is 8.24. The number of carbonyl (C=O) groups excluding carboxylic acids is 2. The summed E-state index contributed by atoms with van der Waals surface area (Å²) in [6, 6.07) is 0. The van der Waals surface area contributed by atoms with Crippen molar-refractivity contribution in [3.05, 3.63) is 0 Å². The summed E-state index contributed by atoms with van der Waals surface area (Å²) in [6.07, 6.45) is 0.0723. The molecule has 1 amide bonds. The van der Waals surface area contributed by atoms with Crippen molar-refractivity contribution in [1.82, 2.24) is 5.32 Å². The van der Waals surface area contributed by atoms with E-state index in [0.717, 1.165) is 0 Å². The van der Waals surface area contributed by atoms with Gasteiger partial charge >= 0.3 is 0 Å². The molecule has 1 heterocycles. The molecule has 1 saturated heterocycles. The molecule has 0 bridgehead atoms. The Kier molecular flexibility index (Phi) is 2.27. The van der Waals surface area contributed by atoms with Crippen LogP contribution in [-0.2, 0) is 9.59 Å². The van der Waals surface area contributed by atoms with Crippen LogP contribution < -0.4 is 5.32 Å². The SMILES string of the molecule is CC(C)[C@@H]1CNC(=O)CC1=O. The molecule has 0 spiro atoms. The quantitative estimate of drug-likeness (QED) is 0.555. The number of ketones is 1. The molecule has 1 fully saturated rings. The molecule has 1 atom stereocenters. The van der Waals surface area contributed by atoms with Crippen molar-refractivity contribution in [2.75, 3.05) is 6.54 Å². The summed E-state index contributed by atoms with van der Waals surface area (Å²) in [7, 11) is 0. The first-order chi connectivity index (χ1) is 5.11. The Labute approximate surface area is 66.2 Å². The van der Waals surface area contributed by atoms with Gasteiger partial charge in [-0.2, -0.15) is 0 Å². The van der Waals surface area contributed by atoms with Crippen LogP contribution in [0.5, 0.6) is 0 Å². The van der Waals surface area contributed by atoms with Crippen molar-refractivity contribution in [3.8, 4) is 0 Å². The lowest BCUT2D eigenvalue weighted by molar-refractivity contribution is -0.134. The first-order valence-corrected chi connectivity index (χ1v) is 3.90. The Morgan fingerprint density at radius 2 is 2.09 bits per heavy atom. The van der Waals surface area contributed by atoms with Crippen molar-refractivity contribution < 1.29 is 9.59 Å². The highest BCUT2D eigenvalue weighted by Gasteiger charge is 2.28. The third-order valence-electron chi connectivity index (χ3n) is 2.07. The zero-order chi connectivity index (χ0) is 8.43. The second-order valence-electron chi connectivity index (χ2n) is 3.30. The van der Waals surface area contributed by atoms with Gasteiger partial charge in [0, 0.05) is 12.5 Å². The highest BCUT2D eigenvalue weighted by Crippen LogP contribution is 2.15. The summed E-state index contributed by atoms with van der Waals surface area (Å²) in [5, 5.41) is 2.68. The molecule has 3 heteroatoms. The number of hydrogen-bond acceptors (Lipinski definition) is 2. The molecule has 0 radical (unpaired) electrons. The van der Waals surface area contributed by atoms with Crippen LogP contribution in [-0.4, -0.2) is 18.2 Å². The lowest BCUT2D eigenvalue weighted by atomic mass is 9.87. The summed E-state index contributed by atoms with van der Waals surface area (Å²) < 4.78 is 0. The second-order valence-corrected chi connectivity index (χ2v) is 3.30. The number of piperidine rings is 1. The van der Waals surface area contributed by atoms with Gasteiger partial charge in [-0.1, -0.05) is 13.8 Å². The van der Waals surface area contributed by atoms with Crippen LogP contribution in [0.3, 0.4) is 0 Å². The third-order valence-corrected chi connectivity index (χ3v) is 2.07. The van der Waals surface area contributed by atoms with Gasteiger partial charge in [-0.3, -0.25) is 9.59 Å². The van der Waals surface area contributed by atoms with Gasteiger partial charge in [0.15, 0.2) is 0 Å². The average Bonchev–Trinajstić information content (AvgIpc) is 1.85. The number of amides is 1. The van der Waals surface area contributed by atoms with Gasteiger partial charge < -0.3 is 5.32 Å². The van der Waals surface area contributed by atoms with E-state index < -0.39 is 0 Å². The van der Waals surface area contributed by atoms with Crippen molar-refractivity contribution in [2.24, 2.45) is 11.8 Å². The van der Waals surface area contributed by atoms with Crippen LogP contribution in [0.2, 0.25) is 0 Å². The van der Waals surface area contributed by atoms with Crippen LogP contribution in [0.1, 0.15) is 20.3 Å². The Balaban J connectivity index is 2.57. The molecule has 0 saturated carbocycles. The summed E-state index contributed by atoms with van der Waals surface area (Å²) >= 11 is 0. The number of Topliss-reactive ketones (excluding diaryl/α,β-unsaturated/α-hetero) is 1. The van der Waals surface area contributed by atoms with E-state index in [1.54, 1.807) is 0 Å². The van der Waals surface area contributed by atoms with E-state index in [9.17, 15) is 9.59 Å². The number of rotatable bonds is 1. The van der Waals surface area contributed by atoms with Crippen molar-refractivity contribution >= 4 is 11.7 Å². The molecule has 3 nitrogen and oxygen atoms in total. The minimum Gasteiger partial charge on any atom is -0.355 e. The Bertz CT molecular complexity index is 187. The normalized spacial score (nSPS) is 25.5. The third kappa shape index (κ3) is 1.79. The summed E-state index contributed by atoms with van der Waals surface area (Å²) in [5.41, 5.74) is 0. The monoisotopic (exact) mass is 155 g/mol. The van der Waals surface area contributed by atoms with Gasteiger partial charge in [0.1, 0.15) is 5.78 Å². The number of nitrogens with one attached hydrogen (secondary N) is 1. The lowest BCUT2D eigenvalue weighted by Crippen LogP contribution is -2.43. The van der Waals surface area contributed by atoms with Gasteiger partial charge in [-0.25, -0.2) is 0 Å². The molecule has 1 N–H and O–H groups in total. The van der Waals surface area contributed by atoms with Gasteiger partial charge in [-0.15, -0.1) is 0 Å². The minimum absolute atomic E-state index is 0.0349. The smallest absolute Gasteiger partial charge is 0.227 e. The van der Waals surface area contributed by atoms with E-state index in [1.165, 1.54) is 0 Å². The van der Waals surface area contributed by atoms with E-state index in [0.29, 0.717) is 12.5 Å². The fraction of sp³-hybridized carbons (Fsp3) is 0.750. The molecule has 0 aromatic rings. The predicted molar refractivity (Wildman–Crippen MR) is 41.0 cm³/mol. The largest absolute Gasteiger partial charge is 0.355 e. The van der Waals surface area contributed by atoms with Gasteiger partial charge in [-0.05, 0) is 5.92 Å². The maximum absolute atomic E-state index is 11.2. The highest BCUT2D eigenvalue weighted by atomic mass is 16.2. The summed E-state index contributed by atoms with van der Waals surface area (Å²) in [6.45, 7) is 4.52. The van der Waals surface area contributed by atoms with Crippen molar-refractivity contribution in [1.29, 1.82) is 0 Å². The van der Waals surface area contributed by atoms with E-state index in [4.69, 9.17) is 0 Å². The Morgan fingerprint density at radius 3 is 2.55 bits per heavy atom. The second kappa shape index (κ2) is 3.03. The Hall–Kier alpha value is -0.860. The standard InChI is InChI=1S/C8H13NO2/c1-5(2)6-4-9-8(11)3-7(6)10/h5-6H,3-4H2,1-2H3,(H,9,11)/t6-/m0/s1. The Morgan fingerprint density at radius 1 is 1.45 bits per heavy atom. The van der Waals surface area contributed by atoms with Crippen LogP contribution in [0, 0.1) is 11.8 Å². The molecule has 0 aromatic heterocycles. The van der Waals surface area contributed by atoms with Crippen LogP contribution in [0.25, 0.3) is 0 Å². The lowest BCUT2D eigenvalue weighted by Gasteiger charge is -2.23. The number of hydrogen-bond donors (Lipinski definition) is 1. The van der Waals surface area contributed by atoms with Gasteiger partial charge in [0.25, 0.3) is 0 Å². The molecule has 11 heavy (non-hydrogen) atoms. The molecule has 1 rings (SSSR count). The summed E-state index contributed by atoms with van der Waals surface area (Å²) in [4.78, 5) is 21.9. The zero-order valence-electron chi connectivity index (χ0n) is 6.89. The summed E-state index contributed by atoms with van der Waals surface area (Å²) in [5.74, 6) is 0.325. The highest BCUT2D eigenvalue weighted by molar-refractivity contribution is 6.01. The van der Waals surface area contributed by atoms with Crippen LogP contribution in [0.15, 0.2) is 0 Å². The molecule has 62 valence electrons. The van der Waals surface area contributed by atoms with E-state index >= 15 is 0 Å². The maximum atomic E-state index is 11.2. The van der Waals surface area contributed by atoms with E-state index in [2.05, 4.69) is 5.32 Å². The molecular formula is C8H13NO2. The minimum atomic E-state index is -0.132. The fourth-order valence-electron chi connectivity index (χ4n) is 1.30. The van der Waals surface area contributed by atoms with Crippen LogP contribution in [0.4, 0.5) is 0 Å². The molecule has 1 aliphatic heterocycles. The first-order valence-electron chi connectivity index (χ1n) is 3.90. The molecule has 0 unspecified atom stereocenters. The van der Waals surface area contributed by atoms with Gasteiger partial charge in [0.05, 0.1) is 6.42 Å². The molecule has 0 aliphatic carbocycles. The molecular weight excluding hydrogens is 142 g/mol. The topological polar surface area (TPSA) is 46.2 Å². The number of carbonyl (C=O) groups is 2. The fourth-order valence-corrected chi connectivity index (χ4v) is 1.30. The van der Waals surface area contributed by atoms with Gasteiger partial charge in [0.2, 0.25) is 5.91 Å². The maximum Gasteiger partial charge on any atom is 0.227 e. The van der Waals surface area contributed by atoms with E-state index in [-0.39, 0.29) is 24.0 Å². The van der Waals surface area contributed by atoms with Crippen molar-refractivity contribution in [2.45, 2.75) is 20.3 Å². The molecule has 1 aliphatic rings.